The SMILES string of the molecule is CCOc1ccc2nc(SCC(=O)OC(C)(C)C)[nH]c2c1. The van der Waals surface area contributed by atoms with Crippen molar-refractivity contribution in [3.05, 3.63) is 18.2 Å². The Kier molecular flexibility index (Phi) is 4.77. The average molecular weight is 308 g/mol. The lowest BCUT2D eigenvalue weighted by atomic mass is 10.2. The van der Waals surface area contributed by atoms with E-state index in [4.69, 9.17) is 9.47 Å². The van der Waals surface area contributed by atoms with Crippen LogP contribution in [0.15, 0.2) is 23.4 Å². The monoisotopic (exact) mass is 308 g/mol. The molecule has 0 saturated carbocycles. The fraction of sp³-hybridized carbons (Fsp3) is 0.467. The van der Waals surface area contributed by atoms with Gasteiger partial charge in [0.15, 0.2) is 5.16 Å². The Morgan fingerprint density at radius 1 is 1.38 bits per heavy atom. The van der Waals surface area contributed by atoms with E-state index in [-0.39, 0.29) is 11.7 Å². The maximum atomic E-state index is 11.7. The Labute approximate surface area is 128 Å². The number of rotatable bonds is 5. The van der Waals surface area contributed by atoms with Gasteiger partial charge >= 0.3 is 5.97 Å². The van der Waals surface area contributed by atoms with Crippen molar-refractivity contribution in [2.75, 3.05) is 12.4 Å². The van der Waals surface area contributed by atoms with Crippen LogP contribution in [0.4, 0.5) is 0 Å². The van der Waals surface area contributed by atoms with E-state index in [1.165, 1.54) is 11.8 Å². The molecule has 1 heterocycles. The minimum atomic E-state index is -0.460. The molecule has 0 unspecified atom stereocenters. The third kappa shape index (κ3) is 4.67. The normalized spacial score (nSPS) is 11.6. The van der Waals surface area contributed by atoms with Gasteiger partial charge in [0, 0.05) is 6.07 Å². The van der Waals surface area contributed by atoms with Crippen molar-refractivity contribution in [2.45, 2.75) is 38.5 Å². The number of hydrogen-bond donors (Lipinski definition) is 1. The Morgan fingerprint density at radius 3 is 2.81 bits per heavy atom. The molecule has 0 bridgehead atoms. The van der Waals surface area contributed by atoms with Crippen molar-refractivity contribution >= 4 is 28.8 Å². The minimum Gasteiger partial charge on any atom is -0.494 e. The molecular formula is C15H20N2O3S. The molecule has 0 fully saturated rings. The fourth-order valence-electron chi connectivity index (χ4n) is 1.79. The second kappa shape index (κ2) is 6.39. The zero-order valence-electron chi connectivity index (χ0n) is 12.7. The molecule has 0 aliphatic carbocycles. The maximum Gasteiger partial charge on any atom is 0.316 e. The van der Waals surface area contributed by atoms with Crippen molar-refractivity contribution in [1.82, 2.24) is 9.97 Å². The number of nitrogens with one attached hydrogen (secondary N) is 1. The van der Waals surface area contributed by atoms with Crippen LogP contribution in [-0.2, 0) is 9.53 Å². The Hall–Kier alpha value is -1.69. The molecule has 0 aliphatic heterocycles. The van der Waals surface area contributed by atoms with E-state index in [1.807, 2.05) is 45.9 Å². The quantitative estimate of drug-likeness (QED) is 0.677. The summed E-state index contributed by atoms with van der Waals surface area (Å²) in [6.07, 6.45) is 0. The van der Waals surface area contributed by atoms with Gasteiger partial charge in [-0.05, 0) is 39.8 Å². The summed E-state index contributed by atoms with van der Waals surface area (Å²) >= 11 is 1.33. The summed E-state index contributed by atoms with van der Waals surface area (Å²) in [4.78, 5) is 19.3. The highest BCUT2D eigenvalue weighted by atomic mass is 32.2. The van der Waals surface area contributed by atoms with Gasteiger partial charge in [0.25, 0.3) is 0 Å². The molecule has 6 heteroatoms. The molecule has 5 nitrogen and oxygen atoms in total. The summed E-state index contributed by atoms with van der Waals surface area (Å²) < 4.78 is 10.7. The fourth-order valence-corrected chi connectivity index (χ4v) is 2.45. The molecule has 21 heavy (non-hydrogen) atoms. The van der Waals surface area contributed by atoms with Crippen LogP contribution in [0.25, 0.3) is 11.0 Å². The van der Waals surface area contributed by atoms with Gasteiger partial charge in [0.2, 0.25) is 0 Å². The highest BCUT2D eigenvalue weighted by molar-refractivity contribution is 7.99. The summed E-state index contributed by atoms with van der Waals surface area (Å²) in [5.41, 5.74) is 1.29. The lowest BCUT2D eigenvalue weighted by Crippen LogP contribution is -2.24. The summed E-state index contributed by atoms with van der Waals surface area (Å²) in [5.74, 6) is 0.787. The van der Waals surface area contributed by atoms with Crippen LogP contribution < -0.4 is 4.74 Å². The molecule has 0 saturated heterocycles. The number of imidazole rings is 1. The number of carbonyl (C=O) groups is 1. The predicted molar refractivity (Wildman–Crippen MR) is 83.8 cm³/mol. The lowest BCUT2D eigenvalue weighted by Gasteiger charge is -2.18. The highest BCUT2D eigenvalue weighted by Crippen LogP contribution is 2.23. The molecule has 0 aliphatic rings. The minimum absolute atomic E-state index is 0.232. The number of aromatic amines is 1. The Morgan fingerprint density at radius 2 is 2.14 bits per heavy atom. The van der Waals surface area contributed by atoms with Crippen molar-refractivity contribution in [1.29, 1.82) is 0 Å². The standard InChI is InChI=1S/C15H20N2O3S/c1-5-19-10-6-7-11-12(8-10)17-14(16-11)21-9-13(18)20-15(2,3)4/h6-8H,5,9H2,1-4H3,(H,16,17). The van der Waals surface area contributed by atoms with Gasteiger partial charge in [-0.15, -0.1) is 0 Å². The van der Waals surface area contributed by atoms with E-state index in [9.17, 15) is 4.79 Å². The number of carbonyl (C=O) groups excluding carboxylic acids is 1. The number of fused-ring (bicyclic) bond motifs is 1. The maximum absolute atomic E-state index is 11.7. The van der Waals surface area contributed by atoms with E-state index < -0.39 is 5.60 Å². The van der Waals surface area contributed by atoms with Gasteiger partial charge in [-0.25, -0.2) is 4.98 Å². The van der Waals surface area contributed by atoms with Crippen molar-refractivity contribution < 1.29 is 14.3 Å². The van der Waals surface area contributed by atoms with Crippen LogP contribution in [0.5, 0.6) is 5.75 Å². The van der Waals surface area contributed by atoms with E-state index in [2.05, 4.69) is 9.97 Å². The Balaban J connectivity index is 2.01. The molecule has 1 aromatic heterocycles. The van der Waals surface area contributed by atoms with Gasteiger partial charge in [0.1, 0.15) is 11.4 Å². The lowest BCUT2D eigenvalue weighted by molar-refractivity contribution is -0.151. The summed E-state index contributed by atoms with van der Waals surface area (Å²) in [6, 6.07) is 5.69. The zero-order chi connectivity index (χ0) is 15.5. The van der Waals surface area contributed by atoms with Gasteiger partial charge in [0.05, 0.1) is 23.4 Å². The number of ether oxygens (including phenoxy) is 2. The van der Waals surface area contributed by atoms with Crippen molar-refractivity contribution in [3.63, 3.8) is 0 Å². The summed E-state index contributed by atoms with van der Waals surface area (Å²) in [6.45, 7) is 8.13. The van der Waals surface area contributed by atoms with Gasteiger partial charge in [-0.3, -0.25) is 4.79 Å². The molecule has 0 amide bonds. The van der Waals surface area contributed by atoms with Crippen molar-refractivity contribution in [3.8, 4) is 5.75 Å². The van der Waals surface area contributed by atoms with Gasteiger partial charge < -0.3 is 14.5 Å². The van der Waals surface area contributed by atoms with Crippen LogP contribution >= 0.6 is 11.8 Å². The van der Waals surface area contributed by atoms with Crippen molar-refractivity contribution in [2.24, 2.45) is 0 Å². The van der Waals surface area contributed by atoms with E-state index >= 15 is 0 Å². The van der Waals surface area contributed by atoms with E-state index in [0.717, 1.165) is 16.8 Å². The number of thioether (sulfide) groups is 1. The Bertz CT molecular complexity index is 631. The number of hydrogen-bond acceptors (Lipinski definition) is 5. The molecule has 0 atom stereocenters. The third-order valence-corrected chi connectivity index (χ3v) is 3.34. The second-order valence-corrected chi connectivity index (χ2v) is 6.49. The number of esters is 1. The molecular weight excluding hydrogens is 288 g/mol. The summed E-state index contributed by atoms with van der Waals surface area (Å²) in [7, 11) is 0. The van der Waals surface area contributed by atoms with Gasteiger partial charge in [-0.2, -0.15) is 0 Å². The van der Waals surface area contributed by atoms with Crippen LogP contribution in [0.1, 0.15) is 27.7 Å². The predicted octanol–water partition coefficient (Wildman–Crippen LogP) is 3.40. The smallest absolute Gasteiger partial charge is 0.316 e. The number of nitrogens with zero attached hydrogens (tertiary/aromatic N) is 1. The largest absolute Gasteiger partial charge is 0.494 e. The zero-order valence-corrected chi connectivity index (χ0v) is 13.5. The molecule has 0 spiro atoms. The van der Waals surface area contributed by atoms with Crippen LogP contribution in [0.3, 0.4) is 0 Å². The molecule has 0 radical (unpaired) electrons. The van der Waals surface area contributed by atoms with Crippen LogP contribution in [0.2, 0.25) is 0 Å². The first-order chi connectivity index (χ1) is 9.87. The molecule has 2 aromatic rings. The van der Waals surface area contributed by atoms with E-state index in [1.54, 1.807) is 0 Å². The van der Waals surface area contributed by atoms with Crippen LogP contribution in [-0.4, -0.2) is 33.9 Å². The average Bonchev–Trinajstić information content (AvgIpc) is 2.77. The molecule has 2 rings (SSSR count). The molecule has 1 aromatic carbocycles. The first-order valence-electron chi connectivity index (χ1n) is 6.84. The molecule has 114 valence electrons. The molecule has 1 N–H and O–H groups in total. The number of H-pyrrole nitrogens is 1. The summed E-state index contributed by atoms with van der Waals surface area (Å²) in [5, 5.41) is 0.699. The topological polar surface area (TPSA) is 64.2 Å². The van der Waals surface area contributed by atoms with Gasteiger partial charge in [-0.1, -0.05) is 11.8 Å². The highest BCUT2D eigenvalue weighted by Gasteiger charge is 2.17. The first-order valence-corrected chi connectivity index (χ1v) is 7.83. The first kappa shape index (κ1) is 15.7. The third-order valence-electron chi connectivity index (χ3n) is 2.49. The van der Waals surface area contributed by atoms with Crippen LogP contribution in [0, 0.1) is 0 Å². The van der Waals surface area contributed by atoms with E-state index in [0.29, 0.717) is 11.8 Å². The number of aromatic nitrogens is 2. The second-order valence-electron chi connectivity index (χ2n) is 5.53. The number of benzene rings is 1.